The number of piperidine rings is 1. The van der Waals surface area contributed by atoms with E-state index in [0.29, 0.717) is 18.7 Å². The van der Waals surface area contributed by atoms with Gasteiger partial charge in [-0.15, -0.1) is 0 Å². The van der Waals surface area contributed by atoms with E-state index in [1.165, 1.54) is 25.8 Å². The third-order valence-corrected chi connectivity index (χ3v) is 2.55. The summed E-state index contributed by atoms with van der Waals surface area (Å²) in [4.78, 5) is 2.41. The van der Waals surface area contributed by atoms with Gasteiger partial charge < -0.3 is 5.11 Å². The van der Waals surface area contributed by atoms with Crippen LogP contribution in [0.15, 0.2) is 0 Å². The van der Waals surface area contributed by atoms with E-state index in [0.717, 1.165) is 0 Å². The maximum absolute atomic E-state index is 9.07. The molecule has 2 heteroatoms. The maximum Gasteiger partial charge on any atom is 0.0586 e. The van der Waals surface area contributed by atoms with Gasteiger partial charge in [-0.2, -0.15) is 0 Å². The standard InChI is InChI=1S/C9H19NO/c1-8(2)10-6-4-3-5-9(10)7-11/h8-9,11H,3-7H2,1-2H3/t9-/m0/s1. The molecule has 0 amide bonds. The van der Waals surface area contributed by atoms with E-state index < -0.39 is 0 Å². The normalized spacial score (nSPS) is 27.8. The molecule has 1 N–H and O–H groups in total. The predicted molar refractivity (Wildman–Crippen MR) is 46.6 cm³/mol. The van der Waals surface area contributed by atoms with Gasteiger partial charge in [-0.05, 0) is 33.2 Å². The molecule has 1 aliphatic rings. The lowest BCUT2D eigenvalue weighted by Crippen LogP contribution is -2.45. The van der Waals surface area contributed by atoms with Crippen molar-refractivity contribution < 1.29 is 5.11 Å². The predicted octanol–water partition coefficient (Wildman–Crippen LogP) is 1.24. The van der Waals surface area contributed by atoms with Gasteiger partial charge in [0.1, 0.15) is 0 Å². The van der Waals surface area contributed by atoms with Gasteiger partial charge in [-0.3, -0.25) is 4.90 Å². The van der Waals surface area contributed by atoms with Crippen molar-refractivity contribution in [3.63, 3.8) is 0 Å². The van der Waals surface area contributed by atoms with E-state index >= 15 is 0 Å². The summed E-state index contributed by atoms with van der Waals surface area (Å²) in [6.45, 7) is 5.91. The molecule has 1 fully saturated rings. The van der Waals surface area contributed by atoms with Gasteiger partial charge in [0, 0.05) is 12.1 Å². The van der Waals surface area contributed by atoms with Gasteiger partial charge in [-0.1, -0.05) is 6.42 Å². The Morgan fingerprint density at radius 1 is 1.45 bits per heavy atom. The quantitative estimate of drug-likeness (QED) is 0.652. The lowest BCUT2D eigenvalue weighted by atomic mass is 10.0. The summed E-state index contributed by atoms with van der Waals surface area (Å²) >= 11 is 0. The summed E-state index contributed by atoms with van der Waals surface area (Å²) in [5, 5.41) is 9.07. The maximum atomic E-state index is 9.07. The molecule has 0 unspecified atom stereocenters. The van der Waals surface area contributed by atoms with Gasteiger partial charge >= 0.3 is 0 Å². The minimum Gasteiger partial charge on any atom is -0.395 e. The highest BCUT2D eigenvalue weighted by molar-refractivity contribution is 4.78. The summed E-state index contributed by atoms with van der Waals surface area (Å²) in [5.41, 5.74) is 0. The molecule has 0 spiro atoms. The van der Waals surface area contributed by atoms with Crippen LogP contribution in [0.25, 0.3) is 0 Å². The zero-order valence-corrected chi connectivity index (χ0v) is 7.58. The Labute approximate surface area is 69.2 Å². The molecule has 11 heavy (non-hydrogen) atoms. The number of hydrogen-bond acceptors (Lipinski definition) is 2. The summed E-state index contributed by atoms with van der Waals surface area (Å²) in [5.74, 6) is 0. The fourth-order valence-corrected chi connectivity index (χ4v) is 1.90. The molecular formula is C9H19NO. The monoisotopic (exact) mass is 157 g/mol. The molecule has 0 saturated carbocycles. The Balaban J connectivity index is 2.44. The summed E-state index contributed by atoms with van der Waals surface area (Å²) < 4.78 is 0. The van der Waals surface area contributed by atoms with Gasteiger partial charge in [0.25, 0.3) is 0 Å². The highest BCUT2D eigenvalue weighted by atomic mass is 16.3. The zero-order valence-electron chi connectivity index (χ0n) is 7.58. The summed E-state index contributed by atoms with van der Waals surface area (Å²) in [6, 6.07) is 1.02. The third-order valence-electron chi connectivity index (χ3n) is 2.55. The fourth-order valence-electron chi connectivity index (χ4n) is 1.90. The smallest absolute Gasteiger partial charge is 0.0586 e. The number of nitrogens with zero attached hydrogens (tertiary/aromatic N) is 1. The molecule has 0 bridgehead atoms. The Hall–Kier alpha value is -0.0800. The Morgan fingerprint density at radius 2 is 2.18 bits per heavy atom. The Bertz CT molecular complexity index is 114. The molecule has 1 heterocycles. The molecule has 0 aromatic rings. The number of likely N-dealkylation sites (tertiary alicyclic amines) is 1. The van der Waals surface area contributed by atoms with E-state index in [1.807, 2.05) is 0 Å². The summed E-state index contributed by atoms with van der Waals surface area (Å²) in [6.07, 6.45) is 3.76. The van der Waals surface area contributed by atoms with Crippen molar-refractivity contribution in [3.8, 4) is 0 Å². The van der Waals surface area contributed by atoms with E-state index in [2.05, 4.69) is 18.7 Å². The lowest BCUT2D eigenvalue weighted by Gasteiger charge is -2.37. The third kappa shape index (κ3) is 2.17. The van der Waals surface area contributed by atoms with Crippen LogP contribution in [-0.2, 0) is 0 Å². The van der Waals surface area contributed by atoms with Crippen molar-refractivity contribution in [3.05, 3.63) is 0 Å². The van der Waals surface area contributed by atoms with E-state index in [9.17, 15) is 0 Å². The average Bonchev–Trinajstić information content (AvgIpc) is 2.04. The van der Waals surface area contributed by atoms with Gasteiger partial charge in [0.2, 0.25) is 0 Å². The minimum atomic E-state index is 0.332. The van der Waals surface area contributed by atoms with E-state index in [4.69, 9.17) is 5.11 Å². The number of aliphatic hydroxyl groups excluding tert-OH is 1. The molecule has 1 rings (SSSR count). The van der Waals surface area contributed by atoms with Crippen molar-refractivity contribution in [1.29, 1.82) is 0 Å². The molecule has 0 aromatic carbocycles. The number of rotatable bonds is 2. The molecule has 1 saturated heterocycles. The van der Waals surface area contributed by atoms with Crippen molar-refractivity contribution in [2.75, 3.05) is 13.2 Å². The molecule has 0 aliphatic carbocycles. The average molecular weight is 157 g/mol. The van der Waals surface area contributed by atoms with Crippen molar-refractivity contribution in [2.45, 2.75) is 45.2 Å². The summed E-state index contributed by atoms with van der Waals surface area (Å²) in [7, 11) is 0. The SMILES string of the molecule is CC(C)N1CCCC[C@H]1CO. The Kier molecular flexibility index (Phi) is 3.34. The molecule has 2 nitrogen and oxygen atoms in total. The van der Waals surface area contributed by atoms with Gasteiger partial charge in [-0.25, -0.2) is 0 Å². The second kappa shape index (κ2) is 4.07. The van der Waals surface area contributed by atoms with Crippen LogP contribution in [0.2, 0.25) is 0 Å². The van der Waals surface area contributed by atoms with E-state index in [-0.39, 0.29) is 0 Å². The van der Waals surface area contributed by atoms with Crippen LogP contribution in [-0.4, -0.2) is 35.2 Å². The van der Waals surface area contributed by atoms with Crippen LogP contribution < -0.4 is 0 Å². The first kappa shape index (κ1) is 9.01. The lowest BCUT2D eigenvalue weighted by molar-refractivity contribution is 0.0653. The molecule has 1 atom stereocenters. The van der Waals surface area contributed by atoms with Crippen molar-refractivity contribution >= 4 is 0 Å². The highest BCUT2D eigenvalue weighted by Gasteiger charge is 2.22. The van der Waals surface area contributed by atoms with Gasteiger partial charge in [0.05, 0.1) is 6.61 Å². The topological polar surface area (TPSA) is 23.5 Å². The molecule has 1 aliphatic heterocycles. The largest absolute Gasteiger partial charge is 0.395 e. The van der Waals surface area contributed by atoms with Crippen LogP contribution in [0.5, 0.6) is 0 Å². The van der Waals surface area contributed by atoms with Crippen molar-refractivity contribution in [1.82, 2.24) is 4.90 Å². The van der Waals surface area contributed by atoms with Crippen LogP contribution in [0.3, 0.4) is 0 Å². The fraction of sp³-hybridized carbons (Fsp3) is 1.00. The second-order valence-corrected chi connectivity index (χ2v) is 3.66. The zero-order chi connectivity index (χ0) is 8.27. The van der Waals surface area contributed by atoms with Gasteiger partial charge in [0.15, 0.2) is 0 Å². The van der Waals surface area contributed by atoms with Crippen LogP contribution in [0, 0.1) is 0 Å². The van der Waals surface area contributed by atoms with Crippen LogP contribution in [0.1, 0.15) is 33.1 Å². The first-order chi connectivity index (χ1) is 5.25. The van der Waals surface area contributed by atoms with E-state index in [1.54, 1.807) is 0 Å². The number of hydrogen-bond donors (Lipinski definition) is 1. The first-order valence-corrected chi connectivity index (χ1v) is 4.62. The highest BCUT2D eigenvalue weighted by Crippen LogP contribution is 2.18. The molecule has 66 valence electrons. The molecule has 0 radical (unpaired) electrons. The number of aliphatic hydroxyl groups is 1. The van der Waals surface area contributed by atoms with Crippen LogP contribution >= 0.6 is 0 Å². The van der Waals surface area contributed by atoms with Crippen molar-refractivity contribution in [2.24, 2.45) is 0 Å². The molecular weight excluding hydrogens is 138 g/mol. The first-order valence-electron chi connectivity index (χ1n) is 4.62. The van der Waals surface area contributed by atoms with Crippen LogP contribution in [0.4, 0.5) is 0 Å². The second-order valence-electron chi connectivity index (χ2n) is 3.66. The molecule has 0 aromatic heterocycles. The Morgan fingerprint density at radius 3 is 2.64 bits per heavy atom. The minimum absolute atomic E-state index is 0.332.